The van der Waals surface area contributed by atoms with E-state index in [1.165, 1.54) is 6.20 Å². The summed E-state index contributed by atoms with van der Waals surface area (Å²) in [7, 11) is 0. The van der Waals surface area contributed by atoms with Crippen LogP contribution in [-0.4, -0.2) is 28.3 Å². The molecule has 1 aromatic rings. The first kappa shape index (κ1) is 13.1. The third kappa shape index (κ3) is 3.53. The van der Waals surface area contributed by atoms with Gasteiger partial charge in [-0.1, -0.05) is 12.2 Å². The second-order valence-electron chi connectivity index (χ2n) is 3.47. The van der Waals surface area contributed by atoms with E-state index >= 15 is 0 Å². The fourth-order valence-electron chi connectivity index (χ4n) is 1.50. The summed E-state index contributed by atoms with van der Waals surface area (Å²) in [6.07, 6.45) is 5.12. The smallest absolute Gasteiger partial charge is 0.310 e. The van der Waals surface area contributed by atoms with Crippen LogP contribution in [0.3, 0.4) is 0 Å². The molecule has 1 N–H and O–H groups in total. The van der Waals surface area contributed by atoms with Crippen LogP contribution in [0.25, 0.3) is 0 Å². The van der Waals surface area contributed by atoms with Gasteiger partial charge < -0.3 is 4.74 Å². The van der Waals surface area contributed by atoms with E-state index in [4.69, 9.17) is 4.74 Å². The van der Waals surface area contributed by atoms with E-state index in [0.29, 0.717) is 25.3 Å². The highest BCUT2D eigenvalue weighted by atomic mass is 16.6. The Bertz CT molecular complexity index is 400. The van der Waals surface area contributed by atoms with E-state index in [2.05, 4.69) is 23.4 Å². The Morgan fingerprint density at radius 3 is 2.94 bits per heavy atom. The SMILES string of the molecule is C=CCOCC(CC=C)c1[nH]ncc1[N+](=O)[O-]. The molecule has 0 radical (unpaired) electrons. The van der Waals surface area contributed by atoms with Crippen molar-refractivity contribution in [2.75, 3.05) is 13.2 Å². The van der Waals surface area contributed by atoms with Gasteiger partial charge in [-0.15, -0.1) is 13.2 Å². The molecule has 0 aliphatic carbocycles. The third-order valence-corrected chi connectivity index (χ3v) is 2.26. The number of nitro groups is 1. The lowest BCUT2D eigenvalue weighted by Crippen LogP contribution is -2.10. The largest absolute Gasteiger partial charge is 0.377 e. The minimum atomic E-state index is -0.456. The standard InChI is InChI=1S/C11H15N3O3/c1-3-5-9(8-17-6-4-2)11-10(14(15)16)7-12-13-11/h3-4,7,9H,1-2,5-6,8H2,(H,12,13). The molecular weight excluding hydrogens is 222 g/mol. The lowest BCUT2D eigenvalue weighted by Gasteiger charge is -2.12. The van der Waals surface area contributed by atoms with Crippen LogP contribution < -0.4 is 0 Å². The van der Waals surface area contributed by atoms with Crippen LogP contribution in [0.1, 0.15) is 18.0 Å². The molecule has 0 amide bonds. The number of allylic oxidation sites excluding steroid dienone is 1. The van der Waals surface area contributed by atoms with E-state index in [9.17, 15) is 10.1 Å². The van der Waals surface area contributed by atoms with Gasteiger partial charge in [-0.05, 0) is 6.42 Å². The van der Waals surface area contributed by atoms with Crippen LogP contribution in [0.4, 0.5) is 5.69 Å². The minimum Gasteiger partial charge on any atom is -0.377 e. The Balaban J connectivity index is 2.80. The maximum Gasteiger partial charge on any atom is 0.310 e. The molecule has 0 spiro atoms. The second kappa shape index (κ2) is 6.59. The molecule has 1 heterocycles. The summed E-state index contributed by atoms with van der Waals surface area (Å²) < 4.78 is 5.32. The molecule has 0 saturated carbocycles. The van der Waals surface area contributed by atoms with Crippen molar-refractivity contribution in [3.63, 3.8) is 0 Å². The van der Waals surface area contributed by atoms with E-state index in [1.807, 2.05) is 0 Å². The average molecular weight is 237 g/mol. The molecule has 0 aliphatic heterocycles. The molecular formula is C11H15N3O3. The average Bonchev–Trinajstić information content (AvgIpc) is 2.77. The van der Waals surface area contributed by atoms with E-state index < -0.39 is 4.92 Å². The van der Waals surface area contributed by atoms with Gasteiger partial charge in [0, 0.05) is 5.92 Å². The molecule has 17 heavy (non-hydrogen) atoms. The zero-order valence-corrected chi connectivity index (χ0v) is 9.46. The monoisotopic (exact) mass is 237 g/mol. The number of aromatic nitrogens is 2. The zero-order chi connectivity index (χ0) is 12.7. The first-order valence-electron chi connectivity index (χ1n) is 5.17. The molecule has 92 valence electrons. The summed E-state index contributed by atoms with van der Waals surface area (Å²) >= 11 is 0. The summed E-state index contributed by atoms with van der Waals surface area (Å²) in [5.41, 5.74) is 0.456. The lowest BCUT2D eigenvalue weighted by molar-refractivity contribution is -0.385. The highest BCUT2D eigenvalue weighted by molar-refractivity contribution is 5.35. The summed E-state index contributed by atoms with van der Waals surface area (Å²) in [6.45, 7) is 7.95. The Kier molecular flexibility index (Phi) is 5.09. The van der Waals surface area contributed by atoms with Gasteiger partial charge in [0.05, 0.1) is 18.1 Å². The molecule has 0 fully saturated rings. The Hall–Kier alpha value is -1.95. The highest BCUT2D eigenvalue weighted by Gasteiger charge is 2.23. The molecule has 0 bridgehead atoms. The number of hydrogen-bond acceptors (Lipinski definition) is 4. The summed E-state index contributed by atoms with van der Waals surface area (Å²) in [4.78, 5) is 10.3. The number of rotatable bonds is 8. The van der Waals surface area contributed by atoms with E-state index in [-0.39, 0.29) is 11.6 Å². The van der Waals surface area contributed by atoms with Gasteiger partial charge in [0.2, 0.25) is 0 Å². The van der Waals surface area contributed by atoms with Gasteiger partial charge in [0.15, 0.2) is 0 Å². The van der Waals surface area contributed by atoms with Crippen LogP contribution in [0.2, 0.25) is 0 Å². The van der Waals surface area contributed by atoms with Crippen molar-refractivity contribution >= 4 is 5.69 Å². The molecule has 1 atom stereocenters. The van der Waals surface area contributed by atoms with Gasteiger partial charge in [-0.25, -0.2) is 0 Å². The van der Waals surface area contributed by atoms with Crippen molar-refractivity contribution in [2.24, 2.45) is 0 Å². The van der Waals surface area contributed by atoms with E-state index in [1.54, 1.807) is 12.2 Å². The normalized spacial score (nSPS) is 12.0. The maximum atomic E-state index is 10.8. The van der Waals surface area contributed by atoms with Crippen molar-refractivity contribution in [2.45, 2.75) is 12.3 Å². The van der Waals surface area contributed by atoms with Crippen LogP contribution in [-0.2, 0) is 4.74 Å². The van der Waals surface area contributed by atoms with Gasteiger partial charge in [-0.3, -0.25) is 15.2 Å². The molecule has 6 heteroatoms. The predicted molar refractivity (Wildman–Crippen MR) is 63.8 cm³/mol. The quantitative estimate of drug-likeness (QED) is 0.325. The fraction of sp³-hybridized carbons (Fsp3) is 0.364. The summed E-state index contributed by atoms with van der Waals surface area (Å²) in [6, 6.07) is 0. The number of nitrogens with one attached hydrogen (secondary N) is 1. The molecule has 0 aromatic carbocycles. The number of nitrogens with zero attached hydrogens (tertiary/aromatic N) is 2. The zero-order valence-electron chi connectivity index (χ0n) is 9.46. The van der Waals surface area contributed by atoms with Gasteiger partial charge in [0.25, 0.3) is 0 Å². The molecule has 0 aliphatic rings. The first-order valence-corrected chi connectivity index (χ1v) is 5.17. The Morgan fingerprint density at radius 2 is 2.35 bits per heavy atom. The molecule has 1 unspecified atom stereocenters. The van der Waals surface area contributed by atoms with Crippen molar-refractivity contribution in [3.05, 3.63) is 47.3 Å². The van der Waals surface area contributed by atoms with Crippen LogP contribution in [0.15, 0.2) is 31.5 Å². The van der Waals surface area contributed by atoms with Crippen LogP contribution in [0.5, 0.6) is 0 Å². The third-order valence-electron chi connectivity index (χ3n) is 2.26. The number of H-pyrrole nitrogens is 1. The maximum absolute atomic E-state index is 10.8. The van der Waals surface area contributed by atoms with E-state index in [0.717, 1.165) is 0 Å². The van der Waals surface area contributed by atoms with Gasteiger partial charge in [0.1, 0.15) is 11.9 Å². The van der Waals surface area contributed by atoms with Gasteiger partial charge in [-0.2, -0.15) is 5.10 Å². The number of ether oxygens (including phenoxy) is 1. The van der Waals surface area contributed by atoms with Gasteiger partial charge >= 0.3 is 5.69 Å². The van der Waals surface area contributed by atoms with Crippen molar-refractivity contribution in [1.82, 2.24) is 10.2 Å². The molecule has 0 saturated heterocycles. The molecule has 1 aromatic heterocycles. The number of aromatic amines is 1. The summed E-state index contributed by atoms with van der Waals surface area (Å²) in [5, 5.41) is 17.1. The van der Waals surface area contributed by atoms with Crippen LogP contribution in [0, 0.1) is 10.1 Å². The predicted octanol–water partition coefficient (Wildman–Crippen LogP) is 2.18. The number of hydrogen-bond donors (Lipinski definition) is 1. The minimum absolute atomic E-state index is 0.0148. The fourth-order valence-corrected chi connectivity index (χ4v) is 1.50. The van der Waals surface area contributed by atoms with Crippen molar-refractivity contribution in [3.8, 4) is 0 Å². The Labute approximate surface area is 99.1 Å². The Morgan fingerprint density at radius 1 is 1.59 bits per heavy atom. The second-order valence-corrected chi connectivity index (χ2v) is 3.47. The van der Waals surface area contributed by atoms with Crippen LogP contribution >= 0.6 is 0 Å². The topological polar surface area (TPSA) is 81.0 Å². The molecule has 6 nitrogen and oxygen atoms in total. The first-order chi connectivity index (χ1) is 8.20. The van der Waals surface area contributed by atoms with Crippen molar-refractivity contribution < 1.29 is 9.66 Å². The van der Waals surface area contributed by atoms with Crippen molar-refractivity contribution in [1.29, 1.82) is 0 Å². The molecule has 1 rings (SSSR count). The lowest BCUT2D eigenvalue weighted by atomic mass is 10.0. The highest BCUT2D eigenvalue weighted by Crippen LogP contribution is 2.27. The summed E-state index contributed by atoms with van der Waals surface area (Å²) in [5.74, 6) is -0.143.